The van der Waals surface area contributed by atoms with E-state index in [1.165, 1.54) is 5.56 Å². The van der Waals surface area contributed by atoms with Gasteiger partial charge in [-0.25, -0.2) is 0 Å². The van der Waals surface area contributed by atoms with Gasteiger partial charge in [0.2, 0.25) is 0 Å². The summed E-state index contributed by atoms with van der Waals surface area (Å²) in [5.41, 5.74) is 7.56. The molecule has 0 aromatic heterocycles. The summed E-state index contributed by atoms with van der Waals surface area (Å²) in [5.74, 6) is 0.534. The second kappa shape index (κ2) is 4.58. The lowest BCUT2D eigenvalue weighted by Gasteiger charge is -2.21. The summed E-state index contributed by atoms with van der Waals surface area (Å²) < 4.78 is 0. The van der Waals surface area contributed by atoms with Gasteiger partial charge in [0.1, 0.15) is 0 Å². The molecule has 3 N–H and O–H groups in total. The van der Waals surface area contributed by atoms with E-state index in [0.29, 0.717) is 12.0 Å². The Hall–Kier alpha value is -0.860. The van der Waals surface area contributed by atoms with E-state index in [2.05, 4.69) is 35.6 Å². The van der Waals surface area contributed by atoms with Gasteiger partial charge in [-0.2, -0.15) is 0 Å². The number of hydrogen-bond donors (Lipinski definition) is 2. The van der Waals surface area contributed by atoms with Crippen molar-refractivity contribution in [3.05, 3.63) is 35.9 Å². The molecule has 2 heteroatoms. The van der Waals surface area contributed by atoms with E-state index in [9.17, 15) is 0 Å². The van der Waals surface area contributed by atoms with Gasteiger partial charge in [0.05, 0.1) is 0 Å². The summed E-state index contributed by atoms with van der Waals surface area (Å²) in [6, 6.07) is 10.9. The van der Waals surface area contributed by atoms with Crippen LogP contribution < -0.4 is 11.1 Å². The average Bonchev–Trinajstić information content (AvgIpc) is 2.44. The molecule has 1 aliphatic heterocycles. The standard InChI is InChI=1S/C12H18N2/c13-12-7-9-14-8-6-11(12)10-4-2-1-3-5-10/h1-5,11-12,14H,6-9,13H2/t11-,12-/m1/s1. The van der Waals surface area contributed by atoms with Crippen molar-refractivity contribution in [1.29, 1.82) is 0 Å². The minimum Gasteiger partial charge on any atom is -0.327 e. The lowest BCUT2D eigenvalue weighted by atomic mass is 9.88. The first kappa shape index (κ1) is 9.69. The Balaban J connectivity index is 2.15. The Morgan fingerprint density at radius 2 is 1.79 bits per heavy atom. The largest absolute Gasteiger partial charge is 0.327 e. The highest BCUT2D eigenvalue weighted by Gasteiger charge is 2.21. The van der Waals surface area contributed by atoms with Gasteiger partial charge in [0.15, 0.2) is 0 Å². The van der Waals surface area contributed by atoms with Gasteiger partial charge in [-0.05, 0) is 31.5 Å². The first-order chi connectivity index (χ1) is 6.88. The van der Waals surface area contributed by atoms with Crippen LogP contribution in [0.1, 0.15) is 24.3 Å². The van der Waals surface area contributed by atoms with Gasteiger partial charge in [-0.15, -0.1) is 0 Å². The minimum absolute atomic E-state index is 0.312. The molecule has 14 heavy (non-hydrogen) atoms. The van der Waals surface area contributed by atoms with Crippen LogP contribution in [-0.2, 0) is 0 Å². The summed E-state index contributed by atoms with van der Waals surface area (Å²) >= 11 is 0. The zero-order valence-electron chi connectivity index (χ0n) is 8.45. The van der Waals surface area contributed by atoms with Gasteiger partial charge >= 0.3 is 0 Å². The Labute approximate surface area is 85.5 Å². The van der Waals surface area contributed by atoms with E-state index in [-0.39, 0.29) is 0 Å². The van der Waals surface area contributed by atoms with Crippen LogP contribution in [0.15, 0.2) is 30.3 Å². The van der Waals surface area contributed by atoms with Crippen molar-refractivity contribution < 1.29 is 0 Å². The molecule has 1 aromatic rings. The Morgan fingerprint density at radius 1 is 1.07 bits per heavy atom. The average molecular weight is 190 g/mol. The number of nitrogens with two attached hydrogens (primary N) is 1. The Bertz CT molecular complexity index is 271. The van der Waals surface area contributed by atoms with E-state index in [0.717, 1.165) is 25.9 Å². The fraction of sp³-hybridized carbons (Fsp3) is 0.500. The fourth-order valence-corrected chi connectivity index (χ4v) is 2.18. The molecule has 2 rings (SSSR count). The molecule has 2 atom stereocenters. The van der Waals surface area contributed by atoms with Crippen molar-refractivity contribution in [3.8, 4) is 0 Å². The third-order valence-electron chi connectivity index (χ3n) is 3.03. The predicted octanol–water partition coefficient (Wildman–Crippen LogP) is 1.48. The maximum atomic E-state index is 6.17. The second-order valence-corrected chi connectivity index (χ2v) is 4.01. The van der Waals surface area contributed by atoms with Crippen LogP contribution in [0, 0.1) is 0 Å². The maximum absolute atomic E-state index is 6.17. The second-order valence-electron chi connectivity index (χ2n) is 4.01. The molecule has 0 radical (unpaired) electrons. The first-order valence-corrected chi connectivity index (χ1v) is 5.39. The van der Waals surface area contributed by atoms with Crippen LogP contribution in [0.3, 0.4) is 0 Å². The summed E-state index contributed by atoms with van der Waals surface area (Å²) in [6.07, 6.45) is 2.24. The summed E-state index contributed by atoms with van der Waals surface area (Å²) in [6.45, 7) is 2.15. The topological polar surface area (TPSA) is 38.0 Å². The van der Waals surface area contributed by atoms with Gasteiger partial charge < -0.3 is 11.1 Å². The van der Waals surface area contributed by atoms with Crippen molar-refractivity contribution in [2.45, 2.75) is 24.8 Å². The molecule has 0 aliphatic carbocycles. The summed E-state index contributed by atoms with van der Waals surface area (Å²) in [4.78, 5) is 0. The molecule has 1 aliphatic rings. The van der Waals surface area contributed by atoms with Crippen LogP contribution in [0.4, 0.5) is 0 Å². The molecule has 0 saturated carbocycles. The highest BCUT2D eigenvalue weighted by Crippen LogP contribution is 2.24. The smallest absolute Gasteiger partial charge is 0.0120 e. The van der Waals surface area contributed by atoms with Crippen molar-refractivity contribution in [3.63, 3.8) is 0 Å². The van der Waals surface area contributed by atoms with Crippen LogP contribution in [0.2, 0.25) is 0 Å². The van der Waals surface area contributed by atoms with Gasteiger partial charge in [-0.1, -0.05) is 30.3 Å². The SMILES string of the molecule is N[C@@H]1CCNCC[C@@H]1c1ccccc1. The maximum Gasteiger partial charge on any atom is 0.0120 e. The highest BCUT2D eigenvalue weighted by atomic mass is 14.9. The molecule has 1 saturated heterocycles. The molecule has 76 valence electrons. The third-order valence-corrected chi connectivity index (χ3v) is 3.03. The summed E-state index contributed by atoms with van der Waals surface area (Å²) in [5, 5.41) is 3.40. The number of benzene rings is 1. The molecule has 2 nitrogen and oxygen atoms in total. The first-order valence-electron chi connectivity index (χ1n) is 5.39. The lowest BCUT2D eigenvalue weighted by molar-refractivity contribution is 0.518. The monoisotopic (exact) mass is 190 g/mol. The number of nitrogens with one attached hydrogen (secondary N) is 1. The summed E-state index contributed by atoms with van der Waals surface area (Å²) in [7, 11) is 0. The molecule has 0 amide bonds. The van der Waals surface area contributed by atoms with E-state index < -0.39 is 0 Å². The van der Waals surface area contributed by atoms with E-state index in [1.54, 1.807) is 0 Å². The Kier molecular flexibility index (Phi) is 3.17. The van der Waals surface area contributed by atoms with E-state index in [4.69, 9.17) is 5.73 Å². The van der Waals surface area contributed by atoms with E-state index >= 15 is 0 Å². The molecule has 1 aromatic carbocycles. The normalized spacial score (nSPS) is 28.4. The van der Waals surface area contributed by atoms with Crippen LogP contribution >= 0.6 is 0 Å². The third kappa shape index (κ3) is 2.14. The van der Waals surface area contributed by atoms with Crippen molar-refractivity contribution in [2.24, 2.45) is 5.73 Å². The van der Waals surface area contributed by atoms with Crippen LogP contribution in [-0.4, -0.2) is 19.1 Å². The molecule has 1 heterocycles. The molecular weight excluding hydrogens is 172 g/mol. The highest BCUT2D eigenvalue weighted by molar-refractivity contribution is 5.21. The number of rotatable bonds is 1. The van der Waals surface area contributed by atoms with Gasteiger partial charge in [-0.3, -0.25) is 0 Å². The fourth-order valence-electron chi connectivity index (χ4n) is 2.18. The molecule has 0 spiro atoms. The molecule has 0 bridgehead atoms. The van der Waals surface area contributed by atoms with Gasteiger partial charge in [0, 0.05) is 12.0 Å². The van der Waals surface area contributed by atoms with Crippen molar-refractivity contribution in [2.75, 3.05) is 13.1 Å². The quantitative estimate of drug-likeness (QED) is 0.704. The minimum atomic E-state index is 0.312. The Morgan fingerprint density at radius 3 is 2.57 bits per heavy atom. The van der Waals surface area contributed by atoms with Crippen molar-refractivity contribution >= 4 is 0 Å². The van der Waals surface area contributed by atoms with Crippen molar-refractivity contribution in [1.82, 2.24) is 5.32 Å². The van der Waals surface area contributed by atoms with Crippen LogP contribution in [0.25, 0.3) is 0 Å². The van der Waals surface area contributed by atoms with Crippen LogP contribution in [0.5, 0.6) is 0 Å². The molecular formula is C12H18N2. The molecule has 1 fully saturated rings. The van der Waals surface area contributed by atoms with E-state index in [1.807, 2.05) is 0 Å². The number of hydrogen-bond acceptors (Lipinski definition) is 2. The zero-order chi connectivity index (χ0) is 9.80. The lowest BCUT2D eigenvalue weighted by Crippen LogP contribution is -2.28. The predicted molar refractivity (Wildman–Crippen MR) is 59.3 cm³/mol. The van der Waals surface area contributed by atoms with Gasteiger partial charge in [0.25, 0.3) is 0 Å². The zero-order valence-corrected chi connectivity index (χ0v) is 8.45. The molecule has 0 unspecified atom stereocenters.